The summed E-state index contributed by atoms with van der Waals surface area (Å²) in [6, 6.07) is 25.3. The fraction of sp³-hybridized carbons (Fsp3) is 0.185. The van der Waals surface area contributed by atoms with Gasteiger partial charge in [-0.1, -0.05) is 60.7 Å². The molecule has 2 heterocycles. The monoisotopic (exact) mass is 409 g/mol. The summed E-state index contributed by atoms with van der Waals surface area (Å²) in [6.07, 6.45) is 3.94. The minimum absolute atomic E-state index is 0.0764. The molecule has 0 aliphatic carbocycles. The highest BCUT2D eigenvalue weighted by Gasteiger charge is 2.56. The van der Waals surface area contributed by atoms with Crippen molar-refractivity contribution in [1.82, 2.24) is 0 Å². The molecule has 0 fully saturated rings. The van der Waals surface area contributed by atoms with E-state index in [2.05, 4.69) is 23.1 Å². The molecule has 0 saturated carbocycles. The van der Waals surface area contributed by atoms with Gasteiger partial charge in [-0.05, 0) is 41.0 Å². The van der Waals surface area contributed by atoms with Crippen LogP contribution in [0.5, 0.6) is 5.75 Å². The number of nitrogens with zero attached hydrogens (tertiary/aromatic N) is 1. The van der Waals surface area contributed by atoms with E-state index in [4.69, 9.17) is 4.74 Å². The van der Waals surface area contributed by atoms with Gasteiger partial charge in [0.25, 0.3) is 0 Å². The predicted octanol–water partition coefficient (Wildman–Crippen LogP) is 5.04. The number of methoxy groups -OCH3 is 1. The number of Topliss-reactive ketones (excluding diaryl/α,β-unsaturated/α-hetero) is 1. The van der Waals surface area contributed by atoms with Crippen molar-refractivity contribution in [1.29, 1.82) is 0 Å². The van der Waals surface area contributed by atoms with Crippen LogP contribution in [0.4, 0.5) is 5.69 Å². The van der Waals surface area contributed by atoms with Crippen LogP contribution >= 0.6 is 0 Å². The molecule has 0 spiro atoms. The SMILES string of the molecule is COc1ccc([C@@]23CC=C(c4ccccc4)[C@@H](CC=O)N2c2ccccc2C3=O)cc1. The Balaban J connectivity index is 1.75. The Kier molecular flexibility index (Phi) is 4.70. The molecule has 3 aromatic carbocycles. The second-order valence-corrected chi connectivity index (χ2v) is 7.95. The number of carbonyl (C=O) groups excluding carboxylic acids is 2. The number of benzene rings is 3. The van der Waals surface area contributed by atoms with Gasteiger partial charge in [0.05, 0.1) is 13.2 Å². The largest absolute Gasteiger partial charge is 0.497 e. The topological polar surface area (TPSA) is 46.6 Å². The molecule has 0 radical (unpaired) electrons. The van der Waals surface area contributed by atoms with Gasteiger partial charge in [-0.2, -0.15) is 0 Å². The standard InChI is InChI=1S/C27H23NO3/c1-31-21-13-11-20(12-14-21)27-17-15-22(19-7-3-2-4-8-19)25(16-18-29)28(27)24-10-6-5-9-23(24)26(27)30/h2-15,18,25H,16-17H2,1H3/t25-,27-/m1/s1. The van der Waals surface area contributed by atoms with Crippen molar-refractivity contribution >= 4 is 23.3 Å². The molecule has 0 saturated heterocycles. The van der Waals surface area contributed by atoms with E-state index in [1.165, 1.54) is 0 Å². The lowest BCUT2D eigenvalue weighted by atomic mass is 9.75. The highest BCUT2D eigenvalue weighted by molar-refractivity contribution is 6.15. The zero-order valence-electron chi connectivity index (χ0n) is 17.3. The predicted molar refractivity (Wildman–Crippen MR) is 121 cm³/mol. The maximum absolute atomic E-state index is 13.9. The van der Waals surface area contributed by atoms with Gasteiger partial charge < -0.3 is 14.4 Å². The first-order valence-electron chi connectivity index (χ1n) is 10.5. The number of hydrogen-bond acceptors (Lipinski definition) is 4. The Morgan fingerprint density at radius 1 is 1.00 bits per heavy atom. The van der Waals surface area contributed by atoms with E-state index in [0.29, 0.717) is 18.4 Å². The second-order valence-electron chi connectivity index (χ2n) is 7.95. The number of anilines is 1. The third kappa shape index (κ3) is 2.82. The maximum Gasteiger partial charge on any atom is 0.195 e. The molecular weight excluding hydrogens is 386 g/mol. The molecular formula is C27H23NO3. The average molecular weight is 409 g/mol. The summed E-state index contributed by atoms with van der Waals surface area (Å²) < 4.78 is 5.33. The molecule has 0 N–H and O–H groups in total. The van der Waals surface area contributed by atoms with E-state index >= 15 is 0 Å². The molecule has 5 rings (SSSR count). The van der Waals surface area contributed by atoms with Gasteiger partial charge in [0.2, 0.25) is 0 Å². The van der Waals surface area contributed by atoms with Crippen LogP contribution < -0.4 is 9.64 Å². The average Bonchev–Trinajstić information content (AvgIpc) is 3.10. The minimum Gasteiger partial charge on any atom is -0.497 e. The van der Waals surface area contributed by atoms with E-state index in [1.54, 1.807) is 7.11 Å². The molecule has 4 heteroatoms. The Labute approximate surface area is 181 Å². The Bertz CT molecular complexity index is 1170. The number of ketones is 1. The van der Waals surface area contributed by atoms with Crippen LogP contribution in [0.2, 0.25) is 0 Å². The van der Waals surface area contributed by atoms with Crippen LogP contribution in [-0.2, 0) is 10.3 Å². The van der Waals surface area contributed by atoms with Gasteiger partial charge in [0.15, 0.2) is 5.78 Å². The molecule has 0 unspecified atom stereocenters. The van der Waals surface area contributed by atoms with Crippen molar-refractivity contribution in [3.63, 3.8) is 0 Å². The summed E-state index contributed by atoms with van der Waals surface area (Å²) in [5, 5.41) is 0. The molecule has 154 valence electrons. The molecule has 0 amide bonds. The quantitative estimate of drug-likeness (QED) is 0.554. The smallest absolute Gasteiger partial charge is 0.195 e. The molecule has 2 aliphatic heterocycles. The summed E-state index contributed by atoms with van der Waals surface area (Å²) in [4.78, 5) is 27.9. The van der Waals surface area contributed by atoms with Crippen LogP contribution in [0.25, 0.3) is 5.57 Å². The van der Waals surface area contributed by atoms with Crippen molar-refractivity contribution in [3.8, 4) is 5.75 Å². The number of aldehydes is 1. The molecule has 3 aromatic rings. The summed E-state index contributed by atoms with van der Waals surface area (Å²) in [5.41, 5.74) is 3.79. The third-order valence-electron chi connectivity index (χ3n) is 6.48. The highest BCUT2D eigenvalue weighted by atomic mass is 16.5. The number of para-hydroxylation sites is 1. The zero-order valence-corrected chi connectivity index (χ0v) is 17.3. The first-order chi connectivity index (χ1) is 15.2. The number of ether oxygens (including phenoxy) is 1. The van der Waals surface area contributed by atoms with Gasteiger partial charge in [-0.25, -0.2) is 0 Å². The van der Waals surface area contributed by atoms with Gasteiger partial charge in [0, 0.05) is 24.1 Å². The first-order valence-corrected chi connectivity index (χ1v) is 10.5. The zero-order chi connectivity index (χ0) is 21.4. The lowest BCUT2D eigenvalue weighted by molar-refractivity contribution is -0.108. The van der Waals surface area contributed by atoms with E-state index in [0.717, 1.165) is 34.4 Å². The highest BCUT2D eigenvalue weighted by Crippen LogP contribution is 2.53. The normalized spacial score (nSPS) is 21.8. The summed E-state index contributed by atoms with van der Waals surface area (Å²) in [7, 11) is 1.63. The van der Waals surface area contributed by atoms with Crippen molar-refractivity contribution in [2.75, 3.05) is 12.0 Å². The number of hydrogen-bond donors (Lipinski definition) is 0. The Morgan fingerprint density at radius 3 is 2.42 bits per heavy atom. The van der Waals surface area contributed by atoms with Crippen LogP contribution in [0.15, 0.2) is 84.9 Å². The summed E-state index contributed by atoms with van der Waals surface area (Å²) >= 11 is 0. The van der Waals surface area contributed by atoms with Gasteiger partial charge >= 0.3 is 0 Å². The van der Waals surface area contributed by atoms with Gasteiger partial charge in [-0.3, -0.25) is 4.79 Å². The van der Waals surface area contributed by atoms with E-state index in [1.807, 2.05) is 66.7 Å². The fourth-order valence-electron chi connectivity index (χ4n) is 5.09. The third-order valence-corrected chi connectivity index (χ3v) is 6.48. The van der Waals surface area contributed by atoms with Crippen LogP contribution in [0, 0.1) is 0 Å². The van der Waals surface area contributed by atoms with Crippen molar-refractivity contribution in [2.45, 2.75) is 24.4 Å². The van der Waals surface area contributed by atoms with Gasteiger partial charge in [-0.15, -0.1) is 0 Å². The number of rotatable bonds is 5. The van der Waals surface area contributed by atoms with Crippen molar-refractivity contribution in [2.24, 2.45) is 0 Å². The first kappa shape index (κ1) is 19.3. The molecule has 2 atom stereocenters. The van der Waals surface area contributed by atoms with Crippen molar-refractivity contribution < 1.29 is 14.3 Å². The fourth-order valence-corrected chi connectivity index (χ4v) is 5.09. The summed E-state index contributed by atoms with van der Waals surface area (Å²) in [6.45, 7) is 0. The van der Waals surface area contributed by atoms with E-state index in [9.17, 15) is 9.59 Å². The number of fused-ring (bicyclic) bond motifs is 3. The lowest BCUT2D eigenvalue weighted by Crippen LogP contribution is -2.55. The second kappa shape index (κ2) is 7.55. The molecule has 4 nitrogen and oxygen atoms in total. The Hall–Kier alpha value is -3.66. The Morgan fingerprint density at radius 2 is 1.71 bits per heavy atom. The van der Waals surface area contributed by atoms with Crippen LogP contribution in [0.3, 0.4) is 0 Å². The summed E-state index contributed by atoms with van der Waals surface area (Å²) in [5.74, 6) is 0.822. The molecule has 0 bridgehead atoms. The van der Waals surface area contributed by atoms with Crippen molar-refractivity contribution in [3.05, 3.63) is 102 Å². The molecule has 31 heavy (non-hydrogen) atoms. The maximum atomic E-state index is 13.9. The van der Waals surface area contributed by atoms with Gasteiger partial charge in [0.1, 0.15) is 17.6 Å². The van der Waals surface area contributed by atoms with Crippen LogP contribution in [0.1, 0.15) is 34.3 Å². The van der Waals surface area contributed by atoms with Crippen LogP contribution in [-0.4, -0.2) is 25.2 Å². The molecule has 0 aromatic heterocycles. The molecule has 2 aliphatic rings. The minimum atomic E-state index is -0.873. The lowest BCUT2D eigenvalue weighted by Gasteiger charge is -2.47. The van der Waals surface area contributed by atoms with E-state index < -0.39 is 5.54 Å². The number of carbonyl (C=O) groups is 2. The van der Waals surface area contributed by atoms with E-state index in [-0.39, 0.29) is 11.8 Å².